The Balaban J connectivity index is 1.97. The molecule has 0 fully saturated rings. The van der Waals surface area contributed by atoms with Gasteiger partial charge in [0.15, 0.2) is 5.69 Å². The molecule has 0 N–H and O–H groups in total. The second kappa shape index (κ2) is 5.87. The van der Waals surface area contributed by atoms with E-state index in [1.807, 2.05) is 35.0 Å². The number of aromatic nitrogens is 2. The molecule has 0 aliphatic heterocycles. The standard InChI is InChI=1S/C19H17N3/c1-14-19(13-16-7-5-4-6-8-16)15(2)22(21-14)18-11-9-17(20-3)10-12-18/h4-12H,13H2,1-2H3. The van der Waals surface area contributed by atoms with Crippen molar-refractivity contribution < 1.29 is 0 Å². The van der Waals surface area contributed by atoms with Crippen molar-refractivity contribution in [1.82, 2.24) is 9.78 Å². The maximum Gasteiger partial charge on any atom is 0.187 e. The van der Waals surface area contributed by atoms with Gasteiger partial charge in [0.05, 0.1) is 18.0 Å². The maximum atomic E-state index is 7.03. The summed E-state index contributed by atoms with van der Waals surface area (Å²) in [5.41, 5.74) is 6.40. The fraction of sp³-hybridized carbons (Fsp3) is 0.158. The molecule has 0 bridgehead atoms. The molecular formula is C19H17N3. The van der Waals surface area contributed by atoms with Crippen LogP contribution in [0.3, 0.4) is 0 Å². The predicted octanol–water partition coefficient (Wildman–Crippen LogP) is 4.63. The number of hydrogen-bond donors (Lipinski definition) is 0. The van der Waals surface area contributed by atoms with Crippen LogP contribution in [0.1, 0.15) is 22.5 Å². The second-order valence-electron chi connectivity index (χ2n) is 5.35. The summed E-state index contributed by atoms with van der Waals surface area (Å²) in [6.45, 7) is 11.2. The summed E-state index contributed by atoms with van der Waals surface area (Å²) >= 11 is 0. The third kappa shape index (κ3) is 2.64. The van der Waals surface area contributed by atoms with E-state index < -0.39 is 0 Å². The number of nitrogens with zero attached hydrogens (tertiary/aromatic N) is 3. The first-order chi connectivity index (χ1) is 10.7. The summed E-state index contributed by atoms with van der Waals surface area (Å²) in [5.74, 6) is 0. The Labute approximate surface area is 130 Å². The normalized spacial score (nSPS) is 10.4. The zero-order valence-corrected chi connectivity index (χ0v) is 12.7. The molecule has 0 aliphatic carbocycles. The summed E-state index contributed by atoms with van der Waals surface area (Å²) in [4.78, 5) is 3.43. The van der Waals surface area contributed by atoms with Crippen LogP contribution in [-0.4, -0.2) is 9.78 Å². The molecule has 3 rings (SSSR count). The van der Waals surface area contributed by atoms with Crippen molar-refractivity contribution in [1.29, 1.82) is 0 Å². The molecule has 0 unspecified atom stereocenters. The van der Waals surface area contributed by atoms with Crippen molar-refractivity contribution in [2.45, 2.75) is 20.3 Å². The minimum atomic E-state index is 0.648. The van der Waals surface area contributed by atoms with Gasteiger partial charge in [0.1, 0.15) is 0 Å². The predicted molar refractivity (Wildman–Crippen MR) is 88.5 cm³/mol. The first-order valence-corrected chi connectivity index (χ1v) is 7.26. The molecule has 0 amide bonds. The van der Waals surface area contributed by atoms with Gasteiger partial charge >= 0.3 is 0 Å². The number of hydrogen-bond acceptors (Lipinski definition) is 1. The van der Waals surface area contributed by atoms with Crippen molar-refractivity contribution in [2.24, 2.45) is 0 Å². The van der Waals surface area contributed by atoms with Crippen LogP contribution in [0.15, 0.2) is 54.6 Å². The maximum absolute atomic E-state index is 7.03. The second-order valence-corrected chi connectivity index (χ2v) is 5.35. The highest BCUT2D eigenvalue weighted by atomic mass is 15.3. The molecule has 108 valence electrons. The fourth-order valence-corrected chi connectivity index (χ4v) is 2.65. The van der Waals surface area contributed by atoms with Gasteiger partial charge in [0.25, 0.3) is 0 Å². The first-order valence-electron chi connectivity index (χ1n) is 7.26. The van der Waals surface area contributed by atoms with Crippen LogP contribution in [0.2, 0.25) is 0 Å². The Hall–Kier alpha value is -2.86. The number of benzene rings is 2. The summed E-state index contributed by atoms with van der Waals surface area (Å²) in [6.07, 6.45) is 0.888. The van der Waals surface area contributed by atoms with E-state index in [9.17, 15) is 0 Å². The van der Waals surface area contributed by atoms with Gasteiger partial charge in [0, 0.05) is 17.7 Å². The van der Waals surface area contributed by atoms with Gasteiger partial charge in [-0.25, -0.2) is 9.53 Å². The van der Waals surface area contributed by atoms with Gasteiger partial charge < -0.3 is 0 Å². The highest BCUT2D eigenvalue weighted by Crippen LogP contribution is 2.22. The molecule has 1 aromatic heterocycles. The lowest BCUT2D eigenvalue weighted by Crippen LogP contribution is -1.99. The lowest BCUT2D eigenvalue weighted by molar-refractivity contribution is 0.833. The van der Waals surface area contributed by atoms with Crippen molar-refractivity contribution in [3.8, 4) is 5.69 Å². The summed E-state index contributed by atoms with van der Waals surface area (Å²) in [5, 5.41) is 4.67. The zero-order chi connectivity index (χ0) is 15.5. The van der Waals surface area contributed by atoms with Gasteiger partial charge in [-0.2, -0.15) is 5.10 Å². The quantitative estimate of drug-likeness (QED) is 0.644. The molecule has 0 atom stereocenters. The Morgan fingerprint density at radius 2 is 1.68 bits per heavy atom. The van der Waals surface area contributed by atoms with Gasteiger partial charge in [-0.05, 0) is 31.5 Å². The van der Waals surface area contributed by atoms with Crippen LogP contribution in [0.5, 0.6) is 0 Å². The summed E-state index contributed by atoms with van der Waals surface area (Å²) in [6, 6.07) is 18.0. The van der Waals surface area contributed by atoms with E-state index in [1.165, 1.54) is 11.1 Å². The van der Waals surface area contributed by atoms with Crippen molar-refractivity contribution in [2.75, 3.05) is 0 Å². The monoisotopic (exact) mass is 287 g/mol. The molecular weight excluding hydrogens is 270 g/mol. The largest absolute Gasteiger partial charge is 0.238 e. The molecule has 3 heteroatoms. The van der Waals surface area contributed by atoms with E-state index in [0.717, 1.165) is 23.5 Å². The smallest absolute Gasteiger partial charge is 0.187 e. The van der Waals surface area contributed by atoms with E-state index in [1.54, 1.807) is 0 Å². The van der Waals surface area contributed by atoms with Crippen LogP contribution >= 0.6 is 0 Å². The van der Waals surface area contributed by atoms with E-state index >= 15 is 0 Å². The SMILES string of the molecule is [C-]#[N+]c1ccc(-n2nc(C)c(Cc3ccccc3)c2C)cc1. The molecule has 0 saturated heterocycles. The number of aryl methyl sites for hydroxylation is 1. The Morgan fingerprint density at radius 1 is 1.00 bits per heavy atom. The molecule has 3 aromatic rings. The average Bonchev–Trinajstić information content (AvgIpc) is 2.84. The third-order valence-electron chi connectivity index (χ3n) is 3.89. The van der Waals surface area contributed by atoms with Gasteiger partial charge in [-0.15, -0.1) is 0 Å². The lowest BCUT2D eigenvalue weighted by atomic mass is 10.0. The molecule has 0 aliphatic rings. The van der Waals surface area contributed by atoms with Crippen LogP contribution in [0.25, 0.3) is 10.5 Å². The minimum Gasteiger partial charge on any atom is -0.238 e. The number of rotatable bonds is 3. The first kappa shape index (κ1) is 14.1. The topological polar surface area (TPSA) is 22.2 Å². The minimum absolute atomic E-state index is 0.648. The molecule has 2 aromatic carbocycles. The van der Waals surface area contributed by atoms with E-state index in [0.29, 0.717) is 5.69 Å². The van der Waals surface area contributed by atoms with Gasteiger partial charge in [-0.1, -0.05) is 42.5 Å². The summed E-state index contributed by atoms with van der Waals surface area (Å²) in [7, 11) is 0. The van der Waals surface area contributed by atoms with E-state index in [2.05, 4.69) is 48.1 Å². The molecule has 3 nitrogen and oxygen atoms in total. The van der Waals surface area contributed by atoms with Crippen molar-refractivity contribution in [3.05, 3.63) is 88.5 Å². The van der Waals surface area contributed by atoms with Crippen molar-refractivity contribution >= 4 is 5.69 Å². The lowest BCUT2D eigenvalue weighted by Gasteiger charge is -2.06. The zero-order valence-electron chi connectivity index (χ0n) is 12.7. The van der Waals surface area contributed by atoms with E-state index in [4.69, 9.17) is 6.57 Å². The van der Waals surface area contributed by atoms with Crippen molar-refractivity contribution in [3.63, 3.8) is 0 Å². The van der Waals surface area contributed by atoms with E-state index in [-0.39, 0.29) is 0 Å². The van der Waals surface area contributed by atoms with Crippen LogP contribution in [0.4, 0.5) is 5.69 Å². The molecule has 1 heterocycles. The Kier molecular flexibility index (Phi) is 3.76. The van der Waals surface area contributed by atoms with Gasteiger partial charge in [-0.3, -0.25) is 0 Å². The highest BCUT2D eigenvalue weighted by Gasteiger charge is 2.13. The van der Waals surface area contributed by atoms with Crippen LogP contribution < -0.4 is 0 Å². The third-order valence-corrected chi connectivity index (χ3v) is 3.89. The Bertz CT molecular complexity index is 822. The fourth-order valence-electron chi connectivity index (χ4n) is 2.65. The average molecular weight is 287 g/mol. The highest BCUT2D eigenvalue weighted by molar-refractivity contribution is 5.50. The summed E-state index contributed by atoms with van der Waals surface area (Å²) < 4.78 is 1.96. The molecule has 22 heavy (non-hydrogen) atoms. The van der Waals surface area contributed by atoms with Crippen LogP contribution in [0, 0.1) is 20.4 Å². The van der Waals surface area contributed by atoms with Crippen LogP contribution in [-0.2, 0) is 6.42 Å². The Morgan fingerprint density at radius 3 is 2.32 bits per heavy atom. The molecule has 0 radical (unpaired) electrons. The molecule has 0 spiro atoms. The van der Waals surface area contributed by atoms with Gasteiger partial charge in [0.2, 0.25) is 0 Å². The molecule has 0 saturated carbocycles.